The van der Waals surface area contributed by atoms with Crippen LogP contribution in [0.5, 0.6) is 11.6 Å². The summed E-state index contributed by atoms with van der Waals surface area (Å²) in [6.45, 7) is 2.27. The van der Waals surface area contributed by atoms with Crippen LogP contribution in [0.25, 0.3) is 5.69 Å². The number of phenols is 1. The minimum absolute atomic E-state index is 0.218. The summed E-state index contributed by atoms with van der Waals surface area (Å²) in [5, 5.41) is 13.6. The first-order chi connectivity index (χ1) is 8.17. The number of nitrogens with two attached hydrogens (primary N) is 1. The van der Waals surface area contributed by atoms with E-state index in [4.69, 9.17) is 10.5 Å². The van der Waals surface area contributed by atoms with Crippen molar-refractivity contribution in [1.29, 1.82) is 0 Å². The molecule has 90 valence electrons. The third-order valence-electron chi connectivity index (χ3n) is 2.63. The van der Waals surface area contributed by atoms with Crippen LogP contribution in [0.3, 0.4) is 0 Å². The van der Waals surface area contributed by atoms with Crippen LogP contribution in [0.2, 0.25) is 0 Å². The lowest BCUT2D eigenvalue weighted by Gasteiger charge is -2.07. The van der Waals surface area contributed by atoms with Crippen molar-refractivity contribution >= 4 is 0 Å². The minimum Gasteiger partial charge on any atom is -0.508 e. The molecule has 1 aromatic heterocycles. The second-order valence-corrected chi connectivity index (χ2v) is 3.71. The average Bonchev–Trinajstić information content (AvgIpc) is 2.66. The van der Waals surface area contributed by atoms with Gasteiger partial charge in [0, 0.05) is 6.54 Å². The van der Waals surface area contributed by atoms with Gasteiger partial charge >= 0.3 is 0 Å². The van der Waals surface area contributed by atoms with Crippen molar-refractivity contribution in [2.75, 3.05) is 7.11 Å². The molecule has 2 aromatic rings. The van der Waals surface area contributed by atoms with Crippen LogP contribution < -0.4 is 10.5 Å². The van der Waals surface area contributed by atoms with E-state index in [0.29, 0.717) is 12.4 Å². The lowest BCUT2D eigenvalue weighted by Crippen LogP contribution is -2.02. The van der Waals surface area contributed by atoms with Crippen LogP contribution in [-0.2, 0) is 6.54 Å². The van der Waals surface area contributed by atoms with Gasteiger partial charge in [-0.2, -0.15) is 5.10 Å². The SMILES string of the molecule is COc1c(CN)c(C)nn1-c1ccc(O)cc1. The Morgan fingerprint density at radius 2 is 2.00 bits per heavy atom. The Bertz CT molecular complexity index is 517. The molecule has 0 atom stereocenters. The molecule has 0 radical (unpaired) electrons. The zero-order valence-corrected chi connectivity index (χ0v) is 9.84. The van der Waals surface area contributed by atoms with Gasteiger partial charge in [-0.25, -0.2) is 4.68 Å². The number of phenolic OH excluding ortho intramolecular Hbond substituents is 1. The van der Waals surface area contributed by atoms with Gasteiger partial charge in [-0.05, 0) is 31.2 Å². The molecule has 0 aliphatic heterocycles. The van der Waals surface area contributed by atoms with Crippen LogP contribution in [0, 0.1) is 6.92 Å². The molecule has 0 unspecified atom stereocenters. The lowest BCUT2D eigenvalue weighted by molar-refractivity contribution is 0.379. The fourth-order valence-corrected chi connectivity index (χ4v) is 1.75. The summed E-state index contributed by atoms with van der Waals surface area (Å²) in [6, 6.07) is 6.75. The summed E-state index contributed by atoms with van der Waals surface area (Å²) in [6.07, 6.45) is 0. The van der Waals surface area contributed by atoms with E-state index in [1.165, 1.54) is 0 Å². The summed E-state index contributed by atoms with van der Waals surface area (Å²) < 4.78 is 7.01. The number of nitrogens with zero attached hydrogens (tertiary/aromatic N) is 2. The summed E-state index contributed by atoms with van der Waals surface area (Å²) in [4.78, 5) is 0. The van der Waals surface area contributed by atoms with Crippen molar-refractivity contribution in [2.45, 2.75) is 13.5 Å². The van der Waals surface area contributed by atoms with Gasteiger partial charge in [0.2, 0.25) is 5.88 Å². The van der Waals surface area contributed by atoms with E-state index < -0.39 is 0 Å². The summed E-state index contributed by atoms with van der Waals surface area (Å²) in [5.74, 6) is 0.853. The molecule has 0 amide bonds. The van der Waals surface area contributed by atoms with Gasteiger partial charge < -0.3 is 15.6 Å². The first-order valence-corrected chi connectivity index (χ1v) is 5.29. The molecule has 0 bridgehead atoms. The van der Waals surface area contributed by atoms with E-state index in [0.717, 1.165) is 16.9 Å². The van der Waals surface area contributed by atoms with E-state index in [9.17, 15) is 5.11 Å². The van der Waals surface area contributed by atoms with E-state index in [1.54, 1.807) is 36.1 Å². The molecule has 0 spiro atoms. The van der Waals surface area contributed by atoms with Crippen molar-refractivity contribution in [2.24, 2.45) is 5.73 Å². The lowest BCUT2D eigenvalue weighted by atomic mass is 10.2. The number of hydrogen-bond donors (Lipinski definition) is 2. The van der Waals surface area contributed by atoms with Crippen LogP contribution in [0.15, 0.2) is 24.3 Å². The largest absolute Gasteiger partial charge is 0.508 e. The van der Waals surface area contributed by atoms with Crippen LogP contribution in [0.4, 0.5) is 0 Å². The number of ether oxygens (including phenoxy) is 1. The first-order valence-electron chi connectivity index (χ1n) is 5.29. The molecule has 5 nitrogen and oxygen atoms in total. The third-order valence-corrected chi connectivity index (χ3v) is 2.63. The third kappa shape index (κ3) is 1.97. The molecule has 1 aromatic carbocycles. The highest BCUT2D eigenvalue weighted by atomic mass is 16.5. The highest BCUT2D eigenvalue weighted by Gasteiger charge is 2.15. The fraction of sp³-hybridized carbons (Fsp3) is 0.250. The maximum Gasteiger partial charge on any atom is 0.221 e. The second-order valence-electron chi connectivity index (χ2n) is 3.71. The van der Waals surface area contributed by atoms with Crippen molar-refractivity contribution in [3.05, 3.63) is 35.5 Å². The molecule has 1 heterocycles. The molecule has 0 saturated carbocycles. The van der Waals surface area contributed by atoms with Crippen LogP contribution >= 0.6 is 0 Å². The number of aryl methyl sites for hydroxylation is 1. The van der Waals surface area contributed by atoms with Crippen molar-refractivity contribution in [3.8, 4) is 17.3 Å². The van der Waals surface area contributed by atoms with Gasteiger partial charge in [0.25, 0.3) is 0 Å². The number of benzene rings is 1. The molecule has 0 aliphatic rings. The first kappa shape index (κ1) is 11.5. The number of aromatic hydroxyl groups is 1. The molecule has 0 aliphatic carbocycles. The minimum atomic E-state index is 0.218. The smallest absolute Gasteiger partial charge is 0.221 e. The zero-order valence-electron chi connectivity index (χ0n) is 9.84. The number of methoxy groups -OCH3 is 1. The normalized spacial score (nSPS) is 10.5. The molecule has 3 N–H and O–H groups in total. The number of rotatable bonds is 3. The van der Waals surface area contributed by atoms with Gasteiger partial charge in [-0.15, -0.1) is 0 Å². The molecule has 0 fully saturated rings. The molecule has 0 saturated heterocycles. The second kappa shape index (κ2) is 4.47. The van der Waals surface area contributed by atoms with E-state index in [2.05, 4.69) is 5.10 Å². The van der Waals surface area contributed by atoms with E-state index >= 15 is 0 Å². The van der Waals surface area contributed by atoms with Crippen molar-refractivity contribution in [1.82, 2.24) is 9.78 Å². The number of hydrogen-bond acceptors (Lipinski definition) is 4. The molecule has 17 heavy (non-hydrogen) atoms. The Morgan fingerprint density at radius 3 is 2.53 bits per heavy atom. The Labute approximate surface area is 99.4 Å². The van der Waals surface area contributed by atoms with E-state index in [-0.39, 0.29) is 5.75 Å². The molecule has 2 rings (SSSR count). The maximum absolute atomic E-state index is 9.26. The van der Waals surface area contributed by atoms with Crippen molar-refractivity contribution in [3.63, 3.8) is 0 Å². The maximum atomic E-state index is 9.26. The predicted molar refractivity (Wildman–Crippen MR) is 64.4 cm³/mol. The Kier molecular flexibility index (Phi) is 3.01. The monoisotopic (exact) mass is 233 g/mol. The van der Waals surface area contributed by atoms with E-state index in [1.807, 2.05) is 6.92 Å². The summed E-state index contributed by atoms with van der Waals surface area (Å²) >= 11 is 0. The fourth-order valence-electron chi connectivity index (χ4n) is 1.75. The van der Waals surface area contributed by atoms with Crippen LogP contribution in [0.1, 0.15) is 11.3 Å². The standard InChI is InChI=1S/C12H15N3O2/c1-8-11(7-13)12(17-2)15(14-8)9-3-5-10(16)6-4-9/h3-6,16H,7,13H2,1-2H3. The molecular formula is C12H15N3O2. The average molecular weight is 233 g/mol. The summed E-state index contributed by atoms with van der Waals surface area (Å²) in [7, 11) is 1.59. The van der Waals surface area contributed by atoms with Gasteiger partial charge in [0.05, 0.1) is 24.1 Å². The Hall–Kier alpha value is -2.01. The van der Waals surface area contributed by atoms with Gasteiger partial charge in [0.1, 0.15) is 5.75 Å². The summed E-state index contributed by atoms with van der Waals surface area (Å²) in [5.41, 5.74) is 8.23. The van der Waals surface area contributed by atoms with Gasteiger partial charge in [0.15, 0.2) is 0 Å². The van der Waals surface area contributed by atoms with Crippen molar-refractivity contribution < 1.29 is 9.84 Å². The van der Waals surface area contributed by atoms with Gasteiger partial charge in [-0.1, -0.05) is 0 Å². The predicted octanol–water partition coefficient (Wildman–Crippen LogP) is 1.35. The number of aromatic nitrogens is 2. The highest BCUT2D eigenvalue weighted by Crippen LogP contribution is 2.25. The Balaban J connectivity index is 2.55. The Morgan fingerprint density at radius 1 is 1.35 bits per heavy atom. The zero-order chi connectivity index (χ0) is 12.4. The highest BCUT2D eigenvalue weighted by molar-refractivity contribution is 5.43. The molecule has 5 heteroatoms. The topological polar surface area (TPSA) is 73.3 Å². The van der Waals surface area contributed by atoms with Gasteiger partial charge in [-0.3, -0.25) is 0 Å². The molecular weight excluding hydrogens is 218 g/mol. The van der Waals surface area contributed by atoms with Crippen LogP contribution in [-0.4, -0.2) is 22.0 Å². The quantitative estimate of drug-likeness (QED) is 0.839.